The predicted octanol–water partition coefficient (Wildman–Crippen LogP) is 0.704. The first kappa shape index (κ1) is 13.4. The molecule has 0 aromatic heterocycles. The van der Waals surface area contributed by atoms with Crippen molar-refractivity contribution in [2.45, 2.75) is 31.8 Å². The van der Waals surface area contributed by atoms with E-state index in [1.54, 1.807) is 18.2 Å². The molecule has 1 aliphatic rings. The molecule has 18 heavy (non-hydrogen) atoms. The number of benzene rings is 1. The highest BCUT2D eigenvalue weighted by atomic mass is 16.5. The highest BCUT2D eigenvalue weighted by Crippen LogP contribution is 2.17. The van der Waals surface area contributed by atoms with E-state index in [1.165, 1.54) is 6.42 Å². The van der Waals surface area contributed by atoms with Crippen LogP contribution in [0.1, 0.15) is 25.7 Å². The summed E-state index contributed by atoms with van der Waals surface area (Å²) in [6.45, 7) is 1.52. The van der Waals surface area contributed by atoms with Gasteiger partial charge in [0.05, 0.1) is 12.7 Å². The Morgan fingerprint density at radius 2 is 2.28 bits per heavy atom. The Kier molecular flexibility index (Phi) is 5.05. The van der Waals surface area contributed by atoms with Gasteiger partial charge in [-0.05, 0) is 43.3 Å². The van der Waals surface area contributed by atoms with E-state index in [-0.39, 0.29) is 0 Å². The van der Waals surface area contributed by atoms with Crippen LogP contribution >= 0.6 is 0 Å². The summed E-state index contributed by atoms with van der Waals surface area (Å²) in [7, 11) is -1.44. The average molecular weight is 250 g/mol. The van der Waals surface area contributed by atoms with E-state index in [1.807, 2.05) is 6.07 Å². The molecule has 2 rings (SSSR count). The van der Waals surface area contributed by atoms with E-state index in [9.17, 15) is 0 Å². The molecule has 2 N–H and O–H groups in total. The van der Waals surface area contributed by atoms with Crippen LogP contribution in [-0.4, -0.2) is 36.5 Å². The van der Waals surface area contributed by atoms with Crippen molar-refractivity contribution in [1.82, 2.24) is 0 Å². The summed E-state index contributed by atoms with van der Waals surface area (Å²) in [5, 5.41) is 18.1. The van der Waals surface area contributed by atoms with Gasteiger partial charge in [-0.1, -0.05) is 12.1 Å². The van der Waals surface area contributed by atoms with Gasteiger partial charge in [-0.25, -0.2) is 0 Å². The summed E-state index contributed by atoms with van der Waals surface area (Å²) in [6, 6.07) is 6.88. The smallest absolute Gasteiger partial charge is 0.488 e. The topological polar surface area (TPSA) is 58.9 Å². The van der Waals surface area contributed by atoms with Crippen LogP contribution in [0.15, 0.2) is 24.3 Å². The Bertz CT molecular complexity index is 364. The third kappa shape index (κ3) is 4.01. The lowest BCUT2D eigenvalue weighted by Gasteiger charge is -2.10. The highest BCUT2D eigenvalue weighted by molar-refractivity contribution is 6.58. The molecule has 1 unspecified atom stereocenters. The fourth-order valence-electron chi connectivity index (χ4n) is 2.14. The molecule has 0 aliphatic carbocycles. The standard InChI is InChI=1S/C13H19BO4/c15-14(16)11-4-1-5-13(10-11)18-9-3-7-12-6-2-8-17-12/h1,4-5,10,12,15-16H,2-3,6-9H2. The molecule has 0 radical (unpaired) electrons. The van der Waals surface area contributed by atoms with Crippen LogP contribution in [0.5, 0.6) is 5.75 Å². The zero-order chi connectivity index (χ0) is 12.8. The molecule has 1 aromatic carbocycles. The summed E-state index contributed by atoms with van der Waals surface area (Å²) in [6.07, 6.45) is 4.71. The molecule has 0 saturated carbocycles. The molecule has 1 atom stereocenters. The minimum Gasteiger partial charge on any atom is -0.494 e. The van der Waals surface area contributed by atoms with Crippen molar-refractivity contribution >= 4 is 12.6 Å². The summed E-state index contributed by atoms with van der Waals surface area (Å²) in [5.41, 5.74) is 0.451. The Morgan fingerprint density at radius 1 is 1.39 bits per heavy atom. The van der Waals surface area contributed by atoms with E-state index in [0.29, 0.717) is 23.9 Å². The molecular formula is C13H19BO4. The van der Waals surface area contributed by atoms with Crippen LogP contribution in [0.25, 0.3) is 0 Å². The Labute approximate surface area is 108 Å². The van der Waals surface area contributed by atoms with Gasteiger partial charge in [-0.15, -0.1) is 0 Å². The van der Waals surface area contributed by atoms with Crippen molar-refractivity contribution < 1.29 is 19.5 Å². The normalized spacial score (nSPS) is 18.9. The molecule has 98 valence electrons. The van der Waals surface area contributed by atoms with Crippen molar-refractivity contribution in [3.63, 3.8) is 0 Å². The zero-order valence-electron chi connectivity index (χ0n) is 10.4. The van der Waals surface area contributed by atoms with Crippen molar-refractivity contribution in [2.75, 3.05) is 13.2 Å². The first-order chi connectivity index (χ1) is 8.75. The van der Waals surface area contributed by atoms with Crippen molar-refractivity contribution in [3.05, 3.63) is 24.3 Å². The maximum absolute atomic E-state index is 9.05. The van der Waals surface area contributed by atoms with Crippen molar-refractivity contribution in [3.8, 4) is 5.75 Å². The highest BCUT2D eigenvalue weighted by Gasteiger charge is 2.15. The molecular weight excluding hydrogens is 231 g/mol. The van der Waals surface area contributed by atoms with Crippen LogP contribution in [0.2, 0.25) is 0 Å². The Morgan fingerprint density at radius 3 is 3.00 bits per heavy atom. The minimum atomic E-state index is -1.44. The molecule has 4 nitrogen and oxygen atoms in total. The molecule has 1 heterocycles. The van der Waals surface area contributed by atoms with Crippen LogP contribution < -0.4 is 10.2 Å². The first-order valence-electron chi connectivity index (χ1n) is 6.46. The van der Waals surface area contributed by atoms with Crippen LogP contribution in [-0.2, 0) is 4.74 Å². The summed E-state index contributed by atoms with van der Waals surface area (Å²) in [4.78, 5) is 0. The van der Waals surface area contributed by atoms with Gasteiger partial charge in [0.1, 0.15) is 5.75 Å². The lowest BCUT2D eigenvalue weighted by molar-refractivity contribution is 0.0981. The molecule has 5 heteroatoms. The molecule has 1 fully saturated rings. The van der Waals surface area contributed by atoms with Gasteiger partial charge in [-0.3, -0.25) is 0 Å². The Balaban J connectivity index is 1.70. The van der Waals surface area contributed by atoms with Gasteiger partial charge in [-0.2, -0.15) is 0 Å². The monoisotopic (exact) mass is 250 g/mol. The lowest BCUT2D eigenvalue weighted by Crippen LogP contribution is -2.29. The summed E-state index contributed by atoms with van der Waals surface area (Å²) in [5.74, 6) is 0.674. The predicted molar refractivity (Wildman–Crippen MR) is 70.0 cm³/mol. The summed E-state index contributed by atoms with van der Waals surface area (Å²) >= 11 is 0. The van der Waals surface area contributed by atoms with E-state index in [4.69, 9.17) is 19.5 Å². The van der Waals surface area contributed by atoms with Gasteiger partial charge >= 0.3 is 7.12 Å². The number of rotatable bonds is 6. The molecule has 1 aromatic rings. The maximum Gasteiger partial charge on any atom is 0.488 e. The largest absolute Gasteiger partial charge is 0.494 e. The molecule has 0 spiro atoms. The fraction of sp³-hybridized carbons (Fsp3) is 0.538. The van der Waals surface area contributed by atoms with Gasteiger partial charge < -0.3 is 19.5 Å². The zero-order valence-corrected chi connectivity index (χ0v) is 10.4. The SMILES string of the molecule is OB(O)c1cccc(OCCCC2CCCO2)c1. The fourth-order valence-corrected chi connectivity index (χ4v) is 2.14. The first-order valence-corrected chi connectivity index (χ1v) is 6.46. The van der Waals surface area contributed by atoms with Crippen LogP contribution in [0, 0.1) is 0 Å². The average Bonchev–Trinajstić information content (AvgIpc) is 2.88. The Hall–Kier alpha value is -1.04. The van der Waals surface area contributed by atoms with E-state index in [0.717, 1.165) is 25.9 Å². The number of ether oxygens (including phenoxy) is 2. The second kappa shape index (κ2) is 6.78. The van der Waals surface area contributed by atoms with E-state index >= 15 is 0 Å². The van der Waals surface area contributed by atoms with Gasteiger partial charge in [0.25, 0.3) is 0 Å². The van der Waals surface area contributed by atoms with E-state index in [2.05, 4.69) is 0 Å². The quantitative estimate of drug-likeness (QED) is 0.576. The second-order valence-electron chi connectivity index (χ2n) is 4.57. The lowest BCUT2D eigenvalue weighted by atomic mass is 9.80. The van der Waals surface area contributed by atoms with Crippen LogP contribution in [0.4, 0.5) is 0 Å². The van der Waals surface area contributed by atoms with Gasteiger partial charge in [0, 0.05) is 6.61 Å². The van der Waals surface area contributed by atoms with Crippen molar-refractivity contribution in [2.24, 2.45) is 0 Å². The number of hydrogen-bond acceptors (Lipinski definition) is 4. The summed E-state index contributed by atoms with van der Waals surface area (Å²) < 4.78 is 11.1. The molecule has 1 aliphatic heterocycles. The van der Waals surface area contributed by atoms with Crippen molar-refractivity contribution in [1.29, 1.82) is 0 Å². The maximum atomic E-state index is 9.05. The molecule has 0 bridgehead atoms. The number of hydrogen-bond donors (Lipinski definition) is 2. The third-order valence-electron chi connectivity index (χ3n) is 3.12. The second-order valence-corrected chi connectivity index (χ2v) is 4.57. The minimum absolute atomic E-state index is 0.402. The third-order valence-corrected chi connectivity index (χ3v) is 3.12. The van der Waals surface area contributed by atoms with E-state index < -0.39 is 7.12 Å². The molecule has 0 amide bonds. The van der Waals surface area contributed by atoms with Crippen LogP contribution in [0.3, 0.4) is 0 Å². The molecule has 1 saturated heterocycles. The van der Waals surface area contributed by atoms with Gasteiger partial charge in [0.15, 0.2) is 0 Å². The van der Waals surface area contributed by atoms with Gasteiger partial charge in [0.2, 0.25) is 0 Å².